The van der Waals surface area contributed by atoms with Gasteiger partial charge in [0.1, 0.15) is 28.3 Å². The number of para-hydroxylation sites is 2. The molecule has 1 aliphatic rings. The van der Waals surface area contributed by atoms with E-state index in [-0.39, 0.29) is 12.5 Å². The van der Waals surface area contributed by atoms with Crippen LogP contribution in [-0.4, -0.2) is 37.4 Å². The topological polar surface area (TPSA) is 71.3 Å². The van der Waals surface area contributed by atoms with Crippen molar-refractivity contribution in [2.75, 3.05) is 20.8 Å². The lowest BCUT2D eigenvalue weighted by Gasteiger charge is -2.23. The maximum absolute atomic E-state index is 12.9. The summed E-state index contributed by atoms with van der Waals surface area (Å²) in [6.07, 6.45) is 0.0956. The molecule has 2 heterocycles. The molecule has 0 fully saturated rings. The highest BCUT2D eigenvalue weighted by molar-refractivity contribution is 7.16. The number of carbonyl (C=O) groups excluding carboxylic acids is 1. The SMILES string of the molecule is CCCn1c(=NC(=O)[C@H]2COc3ccccc3O2)sc2c(OC)ccc(OC)c21. The number of benzene rings is 2. The number of thiazole rings is 1. The van der Waals surface area contributed by atoms with Crippen LogP contribution >= 0.6 is 11.3 Å². The summed E-state index contributed by atoms with van der Waals surface area (Å²) in [5, 5.41) is 0. The van der Waals surface area contributed by atoms with Gasteiger partial charge in [0.15, 0.2) is 16.3 Å². The lowest BCUT2D eigenvalue weighted by Crippen LogP contribution is -2.36. The summed E-state index contributed by atoms with van der Waals surface area (Å²) in [6, 6.07) is 11.0. The van der Waals surface area contributed by atoms with E-state index in [1.165, 1.54) is 11.3 Å². The summed E-state index contributed by atoms with van der Waals surface area (Å²) >= 11 is 1.40. The molecule has 4 rings (SSSR count). The van der Waals surface area contributed by atoms with E-state index in [1.807, 2.05) is 34.9 Å². The first kappa shape index (κ1) is 19.3. The predicted molar refractivity (Wildman–Crippen MR) is 110 cm³/mol. The molecule has 8 heteroatoms. The molecule has 3 aromatic rings. The Hall–Kier alpha value is -3.00. The van der Waals surface area contributed by atoms with Crippen molar-refractivity contribution in [1.29, 1.82) is 0 Å². The van der Waals surface area contributed by atoms with Crippen LogP contribution in [0.5, 0.6) is 23.0 Å². The van der Waals surface area contributed by atoms with Crippen LogP contribution in [0.1, 0.15) is 13.3 Å². The van der Waals surface area contributed by atoms with Crippen molar-refractivity contribution in [3.8, 4) is 23.0 Å². The molecule has 0 unspecified atom stereocenters. The molecule has 0 N–H and O–H groups in total. The minimum absolute atomic E-state index is 0.130. The Kier molecular flexibility index (Phi) is 5.44. The van der Waals surface area contributed by atoms with Gasteiger partial charge in [-0.1, -0.05) is 30.4 Å². The Morgan fingerprint density at radius 1 is 1.17 bits per heavy atom. The summed E-state index contributed by atoms with van der Waals surface area (Å²) in [4.78, 5) is 17.8. The Balaban J connectivity index is 1.77. The van der Waals surface area contributed by atoms with Crippen molar-refractivity contribution < 1.29 is 23.7 Å². The van der Waals surface area contributed by atoms with Crippen LogP contribution in [0.3, 0.4) is 0 Å². The standard InChI is InChI=1S/C21H22N2O5S/c1-4-11-23-18-15(25-2)9-10-16(26-3)19(18)29-21(23)22-20(24)17-12-27-13-7-5-6-8-14(13)28-17/h5-10,17H,4,11-12H2,1-3H3/t17-/m1/s1. The predicted octanol–water partition coefficient (Wildman–Crippen LogP) is 3.40. The average molecular weight is 414 g/mol. The van der Waals surface area contributed by atoms with E-state index < -0.39 is 6.10 Å². The highest BCUT2D eigenvalue weighted by Gasteiger charge is 2.27. The number of hydrogen-bond acceptors (Lipinski definition) is 6. The van der Waals surface area contributed by atoms with Crippen LogP contribution in [0.2, 0.25) is 0 Å². The molecule has 1 atom stereocenters. The number of carbonyl (C=O) groups is 1. The third-order valence-electron chi connectivity index (χ3n) is 4.63. The van der Waals surface area contributed by atoms with Crippen LogP contribution < -0.4 is 23.7 Å². The Bertz CT molecular complexity index is 1120. The average Bonchev–Trinajstić information content (AvgIpc) is 3.11. The highest BCUT2D eigenvalue weighted by Crippen LogP contribution is 2.35. The van der Waals surface area contributed by atoms with Gasteiger partial charge in [-0.2, -0.15) is 4.99 Å². The smallest absolute Gasteiger partial charge is 0.292 e. The molecule has 0 radical (unpaired) electrons. The normalized spacial score (nSPS) is 16.1. The van der Waals surface area contributed by atoms with Gasteiger partial charge >= 0.3 is 0 Å². The van der Waals surface area contributed by atoms with Crippen molar-refractivity contribution in [3.63, 3.8) is 0 Å². The molecular weight excluding hydrogens is 392 g/mol. The van der Waals surface area contributed by atoms with Crippen molar-refractivity contribution >= 4 is 27.5 Å². The van der Waals surface area contributed by atoms with Gasteiger partial charge in [0.25, 0.3) is 5.91 Å². The first-order valence-electron chi connectivity index (χ1n) is 9.37. The monoisotopic (exact) mass is 414 g/mol. The van der Waals surface area contributed by atoms with Gasteiger partial charge in [-0.05, 0) is 30.7 Å². The fraction of sp³-hybridized carbons (Fsp3) is 0.333. The molecule has 0 spiro atoms. The lowest BCUT2D eigenvalue weighted by molar-refractivity contribution is -0.127. The maximum atomic E-state index is 12.9. The zero-order valence-corrected chi connectivity index (χ0v) is 17.3. The molecule has 7 nitrogen and oxygen atoms in total. The summed E-state index contributed by atoms with van der Waals surface area (Å²) in [5.74, 6) is 2.23. The Morgan fingerprint density at radius 2 is 1.90 bits per heavy atom. The van der Waals surface area contributed by atoms with E-state index in [2.05, 4.69) is 11.9 Å². The van der Waals surface area contributed by atoms with Crippen molar-refractivity contribution in [2.24, 2.45) is 4.99 Å². The van der Waals surface area contributed by atoms with Gasteiger partial charge in [0.2, 0.25) is 6.10 Å². The maximum Gasteiger partial charge on any atom is 0.292 e. The molecule has 152 valence electrons. The van der Waals surface area contributed by atoms with Crippen molar-refractivity contribution in [1.82, 2.24) is 4.57 Å². The molecule has 1 aliphatic heterocycles. The van der Waals surface area contributed by atoms with Crippen LogP contribution in [0.4, 0.5) is 0 Å². The minimum atomic E-state index is -0.783. The largest absolute Gasteiger partial charge is 0.495 e. The van der Waals surface area contributed by atoms with Crippen molar-refractivity contribution in [3.05, 3.63) is 41.2 Å². The summed E-state index contributed by atoms with van der Waals surface area (Å²) in [6.45, 7) is 2.90. The van der Waals surface area contributed by atoms with Crippen LogP contribution in [0.15, 0.2) is 41.4 Å². The second kappa shape index (κ2) is 8.16. The number of methoxy groups -OCH3 is 2. The minimum Gasteiger partial charge on any atom is -0.495 e. The molecule has 0 saturated heterocycles. The molecule has 0 aliphatic carbocycles. The van der Waals surface area contributed by atoms with E-state index in [4.69, 9.17) is 18.9 Å². The number of hydrogen-bond donors (Lipinski definition) is 0. The van der Waals surface area contributed by atoms with Gasteiger partial charge in [-0.3, -0.25) is 4.79 Å². The van der Waals surface area contributed by atoms with Gasteiger partial charge in [-0.25, -0.2) is 0 Å². The third kappa shape index (κ3) is 3.55. The first-order chi connectivity index (χ1) is 14.2. The van der Waals surface area contributed by atoms with Crippen molar-refractivity contribution in [2.45, 2.75) is 26.0 Å². The van der Waals surface area contributed by atoms with E-state index in [0.717, 1.165) is 22.4 Å². The summed E-state index contributed by atoms with van der Waals surface area (Å²) in [5.41, 5.74) is 0.872. The van der Waals surface area contributed by atoms with Gasteiger partial charge < -0.3 is 23.5 Å². The quantitative estimate of drug-likeness (QED) is 0.640. The fourth-order valence-corrected chi connectivity index (χ4v) is 4.45. The van der Waals surface area contributed by atoms with E-state index in [1.54, 1.807) is 20.3 Å². The number of fused-ring (bicyclic) bond motifs is 2. The van der Waals surface area contributed by atoms with E-state index in [0.29, 0.717) is 28.6 Å². The third-order valence-corrected chi connectivity index (χ3v) is 5.72. The van der Waals surface area contributed by atoms with Gasteiger partial charge in [-0.15, -0.1) is 0 Å². The van der Waals surface area contributed by atoms with Crippen LogP contribution in [0, 0.1) is 0 Å². The molecule has 1 aromatic heterocycles. The number of rotatable bonds is 5. The fourth-order valence-electron chi connectivity index (χ4n) is 3.28. The first-order valence-corrected chi connectivity index (χ1v) is 10.2. The Labute approximate surface area is 172 Å². The number of nitrogens with zero attached hydrogens (tertiary/aromatic N) is 2. The molecule has 0 bridgehead atoms. The Morgan fingerprint density at radius 3 is 2.62 bits per heavy atom. The molecule has 1 amide bonds. The number of amides is 1. The number of aryl methyl sites for hydroxylation is 1. The molecule has 29 heavy (non-hydrogen) atoms. The lowest BCUT2D eigenvalue weighted by atomic mass is 10.2. The second-order valence-electron chi connectivity index (χ2n) is 6.50. The molecule has 2 aromatic carbocycles. The van der Waals surface area contributed by atoms with Gasteiger partial charge in [0.05, 0.1) is 14.2 Å². The van der Waals surface area contributed by atoms with Crippen LogP contribution in [0.25, 0.3) is 10.2 Å². The zero-order chi connectivity index (χ0) is 20.4. The summed E-state index contributed by atoms with van der Waals surface area (Å²) < 4.78 is 25.4. The van der Waals surface area contributed by atoms with Gasteiger partial charge in [0, 0.05) is 6.54 Å². The zero-order valence-electron chi connectivity index (χ0n) is 16.5. The highest BCUT2D eigenvalue weighted by atomic mass is 32.1. The molecule has 0 saturated carbocycles. The van der Waals surface area contributed by atoms with E-state index >= 15 is 0 Å². The second-order valence-corrected chi connectivity index (χ2v) is 7.48. The van der Waals surface area contributed by atoms with E-state index in [9.17, 15) is 4.79 Å². The van der Waals surface area contributed by atoms with Crippen LogP contribution in [-0.2, 0) is 11.3 Å². The number of ether oxygens (including phenoxy) is 4. The summed E-state index contributed by atoms with van der Waals surface area (Å²) in [7, 11) is 3.25. The number of aromatic nitrogens is 1. The molecular formula is C21H22N2O5S.